The number of hydrogen-bond acceptors (Lipinski definition) is 3. The van der Waals surface area contributed by atoms with Crippen LogP contribution in [0.3, 0.4) is 0 Å². The maximum Gasteiger partial charge on any atom is 0.324 e. The summed E-state index contributed by atoms with van der Waals surface area (Å²) in [7, 11) is 0. The highest BCUT2D eigenvalue weighted by Gasteiger charge is 2.17. The molecule has 2 N–H and O–H groups in total. The Bertz CT molecular complexity index is 762. The average molecular weight is 337 g/mol. The Labute approximate surface area is 140 Å². The highest BCUT2D eigenvalue weighted by atomic mass is 35.5. The molecular formula is C15H14Cl2N4O. The average Bonchev–Trinajstić information content (AvgIpc) is 2.48. The van der Waals surface area contributed by atoms with Gasteiger partial charge < -0.3 is 5.73 Å². The third-order valence-electron chi connectivity index (χ3n) is 2.98. The largest absolute Gasteiger partial charge is 0.351 e. The lowest BCUT2D eigenvalue weighted by Crippen LogP contribution is -2.31. The van der Waals surface area contributed by atoms with Crippen molar-refractivity contribution in [3.63, 3.8) is 0 Å². The van der Waals surface area contributed by atoms with Crippen LogP contribution in [0.4, 0.5) is 16.2 Å². The first kappa shape index (κ1) is 17.7. The number of anilines is 2. The number of pyridine rings is 2. The molecule has 2 heterocycles. The molecule has 0 atom stereocenters. The van der Waals surface area contributed by atoms with E-state index in [1.807, 2.05) is 30.3 Å². The molecule has 0 fully saturated rings. The monoisotopic (exact) mass is 336 g/mol. The summed E-state index contributed by atoms with van der Waals surface area (Å²) >= 11 is 0. The van der Waals surface area contributed by atoms with Crippen molar-refractivity contribution < 1.29 is 4.79 Å². The molecule has 0 aliphatic heterocycles. The van der Waals surface area contributed by atoms with Gasteiger partial charge in [0.15, 0.2) is 0 Å². The van der Waals surface area contributed by atoms with Gasteiger partial charge in [0.1, 0.15) is 0 Å². The molecule has 0 radical (unpaired) electrons. The number of rotatable bonds is 2. The number of amides is 2. The first-order valence-corrected chi connectivity index (χ1v) is 6.11. The van der Waals surface area contributed by atoms with Gasteiger partial charge in [-0.1, -0.05) is 18.2 Å². The zero-order valence-corrected chi connectivity index (χ0v) is 13.1. The first-order valence-electron chi connectivity index (χ1n) is 6.11. The summed E-state index contributed by atoms with van der Waals surface area (Å²) in [6.07, 6.45) is 4.92. The number of para-hydroxylation sites is 1. The van der Waals surface area contributed by atoms with Crippen LogP contribution in [0.2, 0.25) is 0 Å². The van der Waals surface area contributed by atoms with Crippen LogP contribution in [-0.2, 0) is 0 Å². The molecule has 3 rings (SSSR count). The molecule has 5 nitrogen and oxygen atoms in total. The third kappa shape index (κ3) is 3.27. The second kappa shape index (κ2) is 7.59. The molecule has 22 heavy (non-hydrogen) atoms. The molecule has 0 aliphatic carbocycles. The predicted octanol–water partition coefficient (Wildman–Crippen LogP) is 3.69. The SMILES string of the molecule is Cl.Cl.NC(=O)N(c1cccnc1)c1cccc2cccnc12. The van der Waals surface area contributed by atoms with E-state index < -0.39 is 6.03 Å². The van der Waals surface area contributed by atoms with Crippen molar-refractivity contribution in [2.45, 2.75) is 0 Å². The Balaban J connectivity index is 0.00000121. The van der Waals surface area contributed by atoms with E-state index in [-0.39, 0.29) is 24.8 Å². The van der Waals surface area contributed by atoms with Crippen molar-refractivity contribution in [2.24, 2.45) is 5.73 Å². The quantitative estimate of drug-likeness (QED) is 0.775. The highest BCUT2D eigenvalue weighted by Crippen LogP contribution is 2.30. The van der Waals surface area contributed by atoms with E-state index in [9.17, 15) is 4.79 Å². The van der Waals surface area contributed by atoms with Crippen molar-refractivity contribution >= 4 is 53.1 Å². The Morgan fingerprint density at radius 2 is 1.73 bits per heavy atom. The fourth-order valence-electron chi connectivity index (χ4n) is 2.14. The molecule has 0 unspecified atom stereocenters. The first-order chi connectivity index (χ1) is 9.77. The number of primary amides is 1. The number of urea groups is 1. The molecule has 0 bridgehead atoms. The molecule has 1 aromatic carbocycles. The summed E-state index contributed by atoms with van der Waals surface area (Å²) in [5.74, 6) is 0. The number of aromatic nitrogens is 2. The van der Waals surface area contributed by atoms with Gasteiger partial charge in [-0.2, -0.15) is 0 Å². The summed E-state index contributed by atoms with van der Waals surface area (Å²) in [5, 5.41) is 0.945. The Kier molecular flexibility index (Phi) is 6.10. The van der Waals surface area contributed by atoms with Gasteiger partial charge in [-0.15, -0.1) is 24.8 Å². The lowest BCUT2D eigenvalue weighted by Gasteiger charge is -2.21. The lowest BCUT2D eigenvalue weighted by molar-refractivity contribution is 0.256. The van der Waals surface area contributed by atoms with Gasteiger partial charge in [0.05, 0.1) is 23.1 Å². The fraction of sp³-hybridized carbons (Fsp3) is 0. The molecule has 2 aromatic heterocycles. The maximum atomic E-state index is 11.8. The van der Waals surface area contributed by atoms with E-state index in [0.29, 0.717) is 11.4 Å². The molecule has 0 aliphatic rings. The minimum atomic E-state index is -0.573. The van der Waals surface area contributed by atoms with E-state index in [4.69, 9.17) is 5.73 Å². The van der Waals surface area contributed by atoms with Gasteiger partial charge in [0.2, 0.25) is 0 Å². The molecule has 0 saturated heterocycles. The summed E-state index contributed by atoms with van der Waals surface area (Å²) in [6.45, 7) is 0. The van der Waals surface area contributed by atoms with E-state index in [1.165, 1.54) is 4.90 Å². The zero-order valence-electron chi connectivity index (χ0n) is 11.4. The normalized spacial score (nSPS) is 9.45. The summed E-state index contributed by atoms with van der Waals surface area (Å²) in [4.78, 5) is 21.6. The van der Waals surface area contributed by atoms with Gasteiger partial charge in [0, 0.05) is 17.8 Å². The molecule has 114 valence electrons. The van der Waals surface area contributed by atoms with Crippen LogP contribution in [0.15, 0.2) is 61.1 Å². The van der Waals surface area contributed by atoms with Crippen LogP contribution in [-0.4, -0.2) is 16.0 Å². The van der Waals surface area contributed by atoms with E-state index in [0.717, 1.165) is 10.9 Å². The minimum Gasteiger partial charge on any atom is -0.351 e. The van der Waals surface area contributed by atoms with Crippen LogP contribution < -0.4 is 10.6 Å². The van der Waals surface area contributed by atoms with Crippen LogP contribution in [0.25, 0.3) is 10.9 Å². The van der Waals surface area contributed by atoms with Crippen molar-refractivity contribution in [3.8, 4) is 0 Å². The predicted molar refractivity (Wildman–Crippen MR) is 92.2 cm³/mol. The Morgan fingerprint density at radius 1 is 1.00 bits per heavy atom. The van der Waals surface area contributed by atoms with Gasteiger partial charge in [0.25, 0.3) is 0 Å². The summed E-state index contributed by atoms with van der Waals surface area (Å²) in [6, 6.07) is 12.4. The van der Waals surface area contributed by atoms with Gasteiger partial charge in [-0.3, -0.25) is 14.9 Å². The van der Waals surface area contributed by atoms with Crippen LogP contribution in [0, 0.1) is 0 Å². The van der Waals surface area contributed by atoms with E-state index >= 15 is 0 Å². The molecule has 0 saturated carbocycles. The second-order valence-corrected chi connectivity index (χ2v) is 4.24. The zero-order chi connectivity index (χ0) is 13.9. The van der Waals surface area contributed by atoms with Gasteiger partial charge in [-0.25, -0.2) is 4.79 Å². The molecule has 7 heteroatoms. The number of halogens is 2. The standard InChI is InChI=1S/C15H12N4O.2ClH/c16-15(20)19(12-6-3-8-17-10-12)13-7-1-4-11-5-2-9-18-14(11)13;;/h1-10H,(H2,16,20);2*1H. The van der Waals surface area contributed by atoms with Crippen LogP contribution >= 0.6 is 24.8 Å². The van der Waals surface area contributed by atoms with Crippen molar-refractivity contribution in [3.05, 3.63) is 61.1 Å². The lowest BCUT2D eigenvalue weighted by atomic mass is 10.1. The van der Waals surface area contributed by atoms with Gasteiger partial charge in [-0.05, 0) is 24.3 Å². The number of nitrogens with zero attached hydrogens (tertiary/aromatic N) is 3. The topological polar surface area (TPSA) is 72.1 Å². The Morgan fingerprint density at radius 3 is 2.41 bits per heavy atom. The number of fused-ring (bicyclic) bond motifs is 1. The molecule has 0 spiro atoms. The highest BCUT2D eigenvalue weighted by molar-refractivity contribution is 6.05. The second-order valence-electron chi connectivity index (χ2n) is 4.24. The van der Waals surface area contributed by atoms with Crippen LogP contribution in [0.5, 0.6) is 0 Å². The van der Waals surface area contributed by atoms with Gasteiger partial charge >= 0.3 is 6.03 Å². The number of nitrogens with two attached hydrogens (primary N) is 1. The summed E-state index contributed by atoms with van der Waals surface area (Å²) in [5.41, 5.74) is 7.49. The molecule has 2 amide bonds. The number of hydrogen-bond donors (Lipinski definition) is 1. The molecular weight excluding hydrogens is 323 g/mol. The maximum absolute atomic E-state index is 11.8. The molecule has 3 aromatic rings. The van der Waals surface area contributed by atoms with Crippen molar-refractivity contribution in [1.82, 2.24) is 9.97 Å². The fourth-order valence-corrected chi connectivity index (χ4v) is 2.14. The Hall–Kier alpha value is -2.37. The number of carbonyl (C=O) groups is 1. The summed E-state index contributed by atoms with van der Waals surface area (Å²) < 4.78 is 0. The third-order valence-corrected chi connectivity index (χ3v) is 2.98. The van der Waals surface area contributed by atoms with E-state index in [1.54, 1.807) is 30.7 Å². The van der Waals surface area contributed by atoms with Crippen LogP contribution in [0.1, 0.15) is 0 Å². The van der Waals surface area contributed by atoms with E-state index in [2.05, 4.69) is 9.97 Å². The smallest absolute Gasteiger partial charge is 0.324 e. The number of carbonyl (C=O) groups excluding carboxylic acids is 1. The van der Waals surface area contributed by atoms with Crippen molar-refractivity contribution in [2.75, 3.05) is 4.90 Å². The minimum absolute atomic E-state index is 0. The van der Waals surface area contributed by atoms with Crippen molar-refractivity contribution in [1.29, 1.82) is 0 Å². The number of benzene rings is 1.